The first-order valence-electron chi connectivity index (χ1n) is 6.16. The van der Waals surface area contributed by atoms with E-state index in [2.05, 4.69) is 15.6 Å². The van der Waals surface area contributed by atoms with Crippen LogP contribution in [0.4, 0.5) is 5.82 Å². The van der Waals surface area contributed by atoms with Gasteiger partial charge in [0, 0.05) is 12.2 Å². The molecule has 1 rings (SSSR count). The van der Waals surface area contributed by atoms with Crippen LogP contribution in [-0.2, 0) is 9.59 Å². The first-order chi connectivity index (χ1) is 8.99. The third-order valence-electron chi connectivity index (χ3n) is 2.40. The Morgan fingerprint density at radius 3 is 2.63 bits per heavy atom. The van der Waals surface area contributed by atoms with Crippen molar-refractivity contribution in [2.75, 3.05) is 32.5 Å². The van der Waals surface area contributed by atoms with Gasteiger partial charge in [-0.1, -0.05) is 6.07 Å². The molecule has 0 spiro atoms. The molecule has 1 aromatic heterocycles. The number of rotatable bonds is 5. The van der Waals surface area contributed by atoms with Gasteiger partial charge in [-0.2, -0.15) is 0 Å². The summed E-state index contributed by atoms with van der Waals surface area (Å²) in [6, 6.07) is 5.23. The summed E-state index contributed by atoms with van der Waals surface area (Å²) in [7, 11) is 3.91. The molecule has 2 amide bonds. The second-order valence-corrected chi connectivity index (χ2v) is 4.53. The number of aryl methyl sites for hydroxylation is 1. The highest BCUT2D eigenvalue weighted by Crippen LogP contribution is 2.03. The third kappa shape index (κ3) is 5.96. The number of carbonyl (C=O) groups excluding carboxylic acids is 2. The first-order valence-corrected chi connectivity index (χ1v) is 6.16. The zero-order chi connectivity index (χ0) is 14.3. The van der Waals surface area contributed by atoms with Crippen LogP contribution in [-0.4, -0.2) is 48.9 Å². The summed E-state index contributed by atoms with van der Waals surface area (Å²) >= 11 is 0. The van der Waals surface area contributed by atoms with Crippen LogP contribution < -0.4 is 10.6 Å². The van der Waals surface area contributed by atoms with Crippen molar-refractivity contribution in [2.45, 2.75) is 13.3 Å². The topological polar surface area (TPSA) is 74.3 Å². The standard InChI is InChI=1S/C13H20N4O2/c1-10-6-4-7-11(15-10)16-13(19)12(18)14-8-5-9-17(2)3/h4,6-7H,5,8-9H2,1-3H3,(H,14,18)(H,15,16,19). The average molecular weight is 264 g/mol. The minimum atomic E-state index is -0.692. The number of nitrogens with zero attached hydrogens (tertiary/aromatic N) is 2. The van der Waals surface area contributed by atoms with Crippen LogP contribution in [0.1, 0.15) is 12.1 Å². The van der Waals surface area contributed by atoms with E-state index in [1.54, 1.807) is 12.1 Å². The molecular weight excluding hydrogens is 244 g/mol. The molecule has 1 heterocycles. The molecule has 0 atom stereocenters. The molecule has 0 saturated heterocycles. The molecule has 19 heavy (non-hydrogen) atoms. The van der Waals surface area contributed by atoms with Gasteiger partial charge >= 0.3 is 11.8 Å². The van der Waals surface area contributed by atoms with E-state index in [4.69, 9.17) is 0 Å². The molecule has 104 valence electrons. The third-order valence-corrected chi connectivity index (χ3v) is 2.40. The maximum atomic E-state index is 11.6. The minimum absolute atomic E-state index is 0.383. The Balaban J connectivity index is 2.35. The monoisotopic (exact) mass is 264 g/mol. The van der Waals surface area contributed by atoms with Gasteiger partial charge < -0.3 is 15.5 Å². The average Bonchev–Trinajstić information content (AvgIpc) is 2.34. The molecule has 0 unspecified atom stereocenters. The zero-order valence-electron chi connectivity index (χ0n) is 11.6. The highest BCUT2D eigenvalue weighted by molar-refractivity contribution is 6.39. The molecule has 0 aliphatic heterocycles. The second-order valence-electron chi connectivity index (χ2n) is 4.53. The van der Waals surface area contributed by atoms with E-state index < -0.39 is 11.8 Å². The molecule has 0 fully saturated rings. The lowest BCUT2D eigenvalue weighted by atomic mass is 10.3. The Kier molecular flexibility index (Phi) is 5.95. The van der Waals surface area contributed by atoms with E-state index in [0.29, 0.717) is 12.4 Å². The maximum Gasteiger partial charge on any atom is 0.314 e. The van der Waals surface area contributed by atoms with Crippen molar-refractivity contribution in [1.29, 1.82) is 0 Å². The fraction of sp³-hybridized carbons (Fsp3) is 0.462. The number of carbonyl (C=O) groups is 2. The van der Waals surface area contributed by atoms with Crippen molar-refractivity contribution < 1.29 is 9.59 Å². The molecule has 1 aromatic rings. The van der Waals surface area contributed by atoms with Crippen molar-refractivity contribution in [3.8, 4) is 0 Å². The van der Waals surface area contributed by atoms with Crippen molar-refractivity contribution in [1.82, 2.24) is 15.2 Å². The van der Waals surface area contributed by atoms with Gasteiger partial charge in [0.15, 0.2) is 0 Å². The number of nitrogens with one attached hydrogen (secondary N) is 2. The van der Waals surface area contributed by atoms with Crippen molar-refractivity contribution in [3.05, 3.63) is 23.9 Å². The van der Waals surface area contributed by atoms with Crippen LogP contribution in [0.25, 0.3) is 0 Å². The quantitative estimate of drug-likeness (QED) is 0.596. The summed E-state index contributed by atoms with van der Waals surface area (Å²) in [5.74, 6) is -0.946. The van der Waals surface area contributed by atoms with Crippen molar-refractivity contribution >= 4 is 17.6 Å². The predicted octanol–water partition coefficient (Wildman–Crippen LogP) is 0.396. The Hall–Kier alpha value is -1.95. The van der Waals surface area contributed by atoms with Gasteiger partial charge in [0.05, 0.1) is 0 Å². The smallest absolute Gasteiger partial charge is 0.314 e. The maximum absolute atomic E-state index is 11.6. The molecule has 0 radical (unpaired) electrons. The van der Waals surface area contributed by atoms with E-state index in [-0.39, 0.29) is 0 Å². The Morgan fingerprint density at radius 2 is 2.00 bits per heavy atom. The SMILES string of the molecule is Cc1cccc(NC(=O)C(=O)NCCCN(C)C)n1. The van der Waals surface area contributed by atoms with Crippen LogP contribution in [0.3, 0.4) is 0 Å². The normalized spacial score (nSPS) is 10.3. The fourth-order valence-corrected chi connectivity index (χ4v) is 1.46. The largest absolute Gasteiger partial charge is 0.348 e. The van der Waals surface area contributed by atoms with Crippen LogP contribution in [0.5, 0.6) is 0 Å². The highest BCUT2D eigenvalue weighted by Gasteiger charge is 2.13. The number of hydrogen-bond donors (Lipinski definition) is 2. The number of amides is 2. The van der Waals surface area contributed by atoms with Gasteiger partial charge in [-0.3, -0.25) is 9.59 Å². The lowest BCUT2D eigenvalue weighted by Crippen LogP contribution is -2.36. The van der Waals surface area contributed by atoms with Gasteiger partial charge in [0.1, 0.15) is 5.82 Å². The molecule has 2 N–H and O–H groups in total. The van der Waals surface area contributed by atoms with E-state index in [9.17, 15) is 9.59 Å². The lowest BCUT2D eigenvalue weighted by molar-refractivity contribution is -0.136. The zero-order valence-corrected chi connectivity index (χ0v) is 11.6. The predicted molar refractivity (Wildman–Crippen MR) is 73.8 cm³/mol. The highest BCUT2D eigenvalue weighted by atomic mass is 16.2. The van der Waals surface area contributed by atoms with Crippen LogP contribution in [0.15, 0.2) is 18.2 Å². The lowest BCUT2D eigenvalue weighted by Gasteiger charge is -2.09. The van der Waals surface area contributed by atoms with E-state index in [0.717, 1.165) is 18.7 Å². The molecule has 0 saturated carbocycles. The van der Waals surface area contributed by atoms with Gasteiger partial charge in [0.2, 0.25) is 0 Å². The van der Waals surface area contributed by atoms with Crippen LogP contribution in [0, 0.1) is 6.92 Å². The Bertz CT molecular complexity index is 446. The fourth-order valence-electron chi connectivity index (χ4n) is 1.46. The van der Waals surface area contributed by atoms with Crippen LogP contribution >= 0.6 is 0 Å². The van der Waals surface area contributed by atoms with Crippen LogP contribution in [0.2, 0.25) is 0 Å². The number of pyridine rings is 1. The Labute approximate surface area is 113 Å². The first kappa shape index (κ1) is 15.1. The van der Waals surface area contributed by atoms with Gasteiger partial charge in [-0.15, -0.1) is 0 Å². The summed E-state index contributed by atoms with van der Waals surface area (Å²) in [5, 5.41) is 5.03. The van der Waals surface area contributed by atoms with Gasteiger partial charge in [0.25, 0.3) is 0 Å². The number of anilines is 1. The molecule has 0 aromatic carbocycles. The molecule has 6 heteroatoms. The Morgan fingerprint density at radius 1 is 1.26 bits per heavy atom. The van der Waals surface area contributed by atoms with Crippen molar-refractivity contribution in [3.63, 3.8) is 0 Å². The van der Waals surface area contributed by atoms with E-state index >= 15 is 0 Å². The number of aromatic nitrogens is 1. The van der Waals surface area contributed by atoms with Gasteiger partial charge in [-0.25, -0.2) is 4.98 Å². The molecule has 0 aliphatic rings. The summed E-state index contributed by atoms with van der Waals surface area (Å²) in [6.45, 7) is 3.16. The molecule has 0 bridgehead atoms. The van der Waals surface area contributed by atoms with E-state index in [1.807, 2.05) is 32.0 Å². The van der Waals surface area contributed by atoms with Crippen molar-refractivity contribution in [2.24, 2.45) is 0 Å². The summed E-state index contributed by atoms with van der Waals surface area (Å²) in [5.41, 5.74) is 0.782. The van der Waals surface area contributed by atoms with E-state index in [1.165, 1.54) is 0 Å². The summed E-state index contributed by atoms with van der Waals surface area (Å²) < 4.78 is 0. The number of hydrogen-bond acceptors (Lipinski definition) is 4. The molecular formula is C13H20N4O2. The summed E-state index contributed by atoms with van der Waals surface area (Å²) in [6.07, 6.45) is 0.800. The molecule has 0 aliphatic carbocycles. The molecule has 6 nitrogen and oxygen atoms in total. The minimum Gasteiger partial charge on any atom is -0.348 e. The van der Waals surface area contributed by atoms with Gasteiger partial charge in [-0.05, 0) is 46.1 Å². The second kappa shape index (κ2) is 7.48. The summed E-state index contributed by atoms with van der Waals surface area (Å²) in [4.78, 5) is 29.2.